The van der Waals surface area contributed by atoms with Crippen molar-refractivity contribution in [3.05, 3.63) is 29.8 Å². The highest BCUT2D eigenvalue weighted by atomic mass is 16.5. The monoisotopic (exact) mass is 401 g/mol. The van der Waals surface area contributed by atoms with Crippen LogP contribution in [0.2, 0.25) is 0 Å². The van der Waals surface area contributed by atoms with Crippen molar-refractivity contribution in [3.8, 4) is 5.75 Å². The van der Waals surface area contributed by atoms with E-state index < -0.39 is 0 Å². The van der Waals surface area contributed by atoms with Gasteiger partial charge in [0.2, 0.25) is 0 Å². The molecule has 0 atom stereocenters. The number of carbonyl (C=O) groups is 1. The van der Waals surface area contributed by atoms with E-state index in [1.165, 1.54) is 32.5 Å². The number of hydrogen-bond acceptors (Lipinski definition) is 5. The first-order valence-corrected chi connectivity index (χ1v) is 11.2. The molecule has 4 rings (SSSR count). The molecule has 0 radical (unpaired) electrons. The van der Waals surface area contributed by atoms with Crippen LogP contribution in [0.1, 0.15) is 37.0 Å². The molecule has 3 heterocycles. The Morgan fingerprint density at radius 2 is 1.86 bits per heavy atom. The molecular formula is C23H35N3O3. The van der Waals surface area contributed by atoms with Crippen LogP contribution < -0.4 is 4.74 Å². The molecule has 6 nitrogen and oxygen atoms in total. The molecule has 3 saturated heterocycles. The lowest BCUT2D eigenvalue weighted by molar-refractivity contribution is -0.0273. The summed E-state index contributed by atoms with van der Waals surface area (Å²) in [5, 5.41) is 0. The van der Waals surface area contributed by atoms with Gasteiger partial charge in [0.1, 0.15) is 11.9 Å². The van der Waals surface area contributed by atoms with E-state index in [9.17, 15) is 4.79 Å². The van der Waals surface area contributed by atoms with Crippen molar-refractivity contribution in [2.45, 2.75) is 38.8 Å². The molecule has 6 heteroatoms. The molecule has 0 bridgehead atoms. The minimum Gasteiger partial charge on any atom is -0.488 e. The molecule has 1 aromatic rings. The molecule has 0 saturated carbocycles. The molecule has 0 unspecified atom stereocenters. The second-order valence-corrected chi connectivity index (χ2v) is 9.05. The summed E-state index contributed by atoms with van der Waals surface area (Å²) in [6.45, 7) is 12.8. The maximum atomic E-state index is 12.7. The van der Waals surface area contributed by atoms with E-state index in [1.807, 2.05) is 29.2 Å². The summed E-state index contributed by atoms with van der Waals surface area (Å²) in [4.78, 5) is 19.7. The van der Waals surface area contributed by atoms with Crippen molar-refractivity contribution >= 4 is 5.91 Å². The van der Waals surface area contributed by atoms with Gasteiger partial charge in [0.05, 0.1) is 13.2 Å². The zero-order chi connectivity index (χ0) is 20.2. The fourth-order valence-corrected chi connectivity index (χ4v) is 4.67. The van der Waals surface area contributed by atoms with Gasteiger partial charge < -0.3 is 19.3 Å². The Kier molecular flexibility index (Phi) is 6.73. The minimum absolute atomic E-state index is 0.0714. The van der Waals surface area contributed by atoms with E-state index >= 15 is 0 Å². The largest absolute Gasteiger partial charge is 0.488 e. The second-order valence-electron chi connectivity index (χ2n) is 9.05. The van der Waals surface area contributed by atoms with Gasteiger partial charge >= 0.3 is 0 Å². The highest BCUT2D eigenvalue weighted by Crippen LogP contribution is 2.26. The van der Waals surface area contributed by atoms with Crippen molar-refractivity contribution in [1.82, 2.24) is 14.7 Å². The lowest BCUT2D eigenvalue weighted by atomic mass is 9.98. The Morgan fingerprint density at radius 1 is 1.14 bits per heavy atom. The Labute approximate surface area is 174 Å². The maximum absolute atomic E-state index is 12.7. The van der Waals surface area contributed by atoms with E-state index in [0.717, 1.165) is 24.8 Å². The third kappa shape index (κ3) is 5.30. The van der Waals surface area contributed by atoms with Crippen molar-refractivity contribution in [2.24, 2.45) is 5.92 Å². The molecule has 29 heavy (non-hydrogen) atoms. The fourth-order valence-electron chi connectivity index (χ4n) is 4.67. The van der Waals surface area contributed by atoms with Gasteiger partial charge in [0, 0.05) is 44.3 Å². The van der Waals surface area contributed by atoms with Crippen molar-refractivity contribution < 1.29 is 14.3 Å². The highest BCUT2D eigenvalue weighted by Gasteiger charge is 2.35. The normalized spacial score (nSPS) is 22.7. The topological polar surface area (TPSA) is 45.2 Å². The quantitative estimate of drug-likeness (QED) is 0.732. The minimum atomic E-state index is 0.0714. The van der Waals surface area contributed by atoms with Gasteiger partial charge in [-0.3, -0.25) is 9.69 Å². The molecule has 3 aliphatic heterocycles. The molecule has 0 spiro atoms. The summed E-state index contributed by atoms with van der Waals surface area (Å²) in [5.41, 5.74) is 0.707. The Hall–Kier alpha value is -1.63. The first-order chi connectivity index (χ1) is 14.1. The standard InChI is InChI=1S/C23H35N3O3/c1-18(2)15-24-8-6-20(7-9-24)26-16-22(17-26)29-21-5-3-4-19(14-21)23(27)25-10-12-28-13-11-25/h3-5,14,18,20,22H,6-13,15-17H2,1-2H3. The SMILES string of the molecule is CC(C)CN1CCC(N2CC(Oc3cccc(C(=O)N4CCOCC4)c3)C2)CC1. The molecular weight excluding hydrogens is 366 g/mol. The number of piperidine rings is 1. The number of hydrogen-bond donors (Lipinski definition) is 0. The van der Waals surface area contributed by atoms with Crippen LogP contribution in [-0.4, -0.2) is 91.8 Å². The molecule has 0 N–H and O–H groups in total. The smallest absolute Gasteiger partial charge is 0.254 e. The number of amides is 1. The van der Waals surface area contributed by atoms with Gasteiger partial charge in [-0.05, 0) is 50.0 Å². The Bertz CT molecular complexity index is 676. The van der Waals surface area contributed by atoms with Crippen LogP contribution in [0.3, 0.4) is 0 Å². The predicted octanol–water partition coefficient (Wildman–Crippen LogP) is 2.34. The average Bonchev–Trinajstić information content (AvgIpc) is 2.71. The van der Waals surface area contributed by atoms with Crippen LogP contribution in [0.4, 0.5) is 0 Å². The number of ether oxygens (including phenoxy) is 2. The van der Waals surface area contributed by atoms with Crippen LogP contribution in [0.5, 0.6) is 5.75 Å². The summed E-state index contributed by atoms with van der Waals surface area (Å²) in [6.07, 6.45) is 2.77. The van der Waals surface area contributed by atoms with Crippen LogP contribution >= 0.6 is 0 Å². The molecule has 1 aromatic carbocycles. The van der Waals surface area contributed by atoms with Crippen LogP contribution in [0.25, 0.3) is 0 Å². The molecule has 160 valence electrons. The molecule has 0 aliphatic carbocycles. The number of likely N-dealkylation sites (tertiary alicyclic amines) is 2. The van der Waals surface area contributed by atoms with Crippen molar-refractivity contribution in [1.29, 1.82) is 0 Å². The molecule has 3 aliphatic rings. The highest BCUT2D eigenvalue weighted by molar-refractivity contribution is 5.94. The van der Waals surface area contributed by atoms with Gasteiger partial charge in [0.15, 0.2) is 0 Å². The molecule has 3 fully saturated rings. The number of carbonyl (C=O) groups excluding carboxylic acids is 1. The summed E-state index contributed by atoms with van der Waals surface area (Å²) in [5.74, 6) is 1.63. The molecule has 1 amide bonds. The first-order valence-electron chi connectivity index (χ1n) is 11.2. The number of nitrogens with zero attached hydrogens (tertiary/aromatic N) is 3. The van der Waals surface area contributed by atoms with Crippen molar-refractivity contribution in [3.63, 3.8) is 0 Å². The van der Waals surface area contributed by atoms with Crippen LogP contribution in [0, 0.1) is 5.92 Å². The van der Waals surface area contributed by atoms with E-state index in [2.05, 4.69) is 23.6 Å². The predicted molar refractivity (Wildman–Crippen MR) is 113 cm³/mol. The maximum Gasteiger partial charge on any atom is 0.254 e. The van der Waals surface area contributed by atoms with E-state index in [-0.39, 0.29) is 12.0 Å². The van der Waals surface area contributed by atoms with Gasteiger partial charge in [-0.1, -0.05) is 19.9 Å². The van der Waals surface area contributed by atoms with Crippen LogP contribution in [0.15, 0.2) is 24.3 Å². The Balaban J connectivity index is 1.23. The second kappa shape index (κ2) is 9.45. The lowest BCUT2D eigenvalue weighted by Crippen LogP contribution is -2.59. The van der Waals surface area contributed by atoms with Gasteiger partial charge in [0.25, 0.3) is 5.91 Å². The van der Waals surface area contributed by atoms with E-state index in [4.69, 9.17) is 9.47 Å². The lowest BCUT2D eigenvalue weighted by Gasteiger charge is -2.47. The number of morpholine rings is 1. The summed E-state index contributed by atoms with van der Waals surface area (Å²) >= 11 is 0. The first kappa shape index (κ1) is 20.6. The summed E-state index contributed by atoms with van der Waals surface area (Å²) in [6, 6.07) is 8.35. The number of benzene rings is 1. The molecule has 0 aromatic heterocycles. The average molecular weight is 402 g/mol. The summed E-state index contributed by atoms with van der Waals surface area (Å²) in [7, 11) is 0. The summed E-state index contributed by atoms with van der Waals surface area (Å²) < 4.78 is 11.5. The zero-order valence-corrected chi connectivity index (χ0v) is 17.9. The third-order valence-corrected chi connectivity index (χ3v) is 6.26. The van der Waals surface area contributed by atoms with Gasteiger partial charge in [-0.25, -0.2) is 0 Å². The van der Waals surface area contributed by atoms with Crippen molar-refractivity contribution in [2.75, 3.05) is 59.0 Å². The van der Waals surface area contributed by atoms with Gasteiger partial charge in [-0.2, -0.15) is 0 Å². The zero-order valence-electron chi connectivity index (χ0n) is 17.9. The third-order valence-electron chi connectivity index (χ3n) is 6.26. The van der Waals surface area contributed by atoms with Crippen LogP contribution in [-0.2, 0) is 4.74 Å². The fraction of sp³-hybridized carbons (Fsp3) is 0.696. The van der Waals surface area contributed by atoms with Gasteiger partial charge in [-0.15, -0.1) is 0 Å². The Morgan fingerprint density at radius 3 is 2.55 bits per heavy atom. The van der Waals surface area contributed by atoms with E-state index in [1.54, 1.807) is 0 Å². The van der Waals surface area contributed by atoms with E-state index in [0.29, 0.717) is 37.9 Å². The number of rotatable bonds is 6.